The Morgan fingerprint density at radius 2 is 1.91 bits per heavy atom. The number of hydrogen-bond donors (Lipinski definition) is 1. The molecule has 1 aromatic carbocycles. The van der Waals surface area contributed by atoms with E-state index in [0.717, 1.165) is 25.5 Å². The molecule has 1 saturated heterocycles. The van der Waals surface area contributed by atoms with Crippen LogP contribution in [0.25, 0.3) is 11.4 Å². The van der Waals surface area contributed by atoms with Crippen molar-refractivity contribution >= 4 is 11.8 Å². The van der Waals surface area contributed by atoms with Gasteiger partial charge in [0.05, 0.1) is 11.5 Å². The van der Waals surface area contributed by atoms with Crippen LogP contribution >= 0.6 is 0 Å². The average Bonchev–Trinajstić information content (AvgIpc) is 3.29. The molecule has 2 atom stereocenters. The summed E-state index contributed by atoms with van der Waals surface area (Å²) in [5.74, 6) is -3.12. The van der Waals surface area contributed by atoms with E-state index in [4.69, 9.17) is 4.52 Å². The van der Waals surface area contributed by atoms with Gasteiger partial charge in [-0.1, -0.05) is 24.4 Å². The van der Waals surface area contributed by atoms with Crippen molar-refractivity contribution in [3.8, 4) is 11.4 Å². The van der Waals surface area contributed by atoms with Gasteiger partial charge >= 0.3 is 11.8 Å². The number of piperidine rings is 1. The van der Waals surface area contributed by atoms with Gasteiger partial charge in [0.1, 0.15) is 11.6 Å². The molecule has 33 heavy (non-hydrogen) atoms. The lowest BCUT2D eigenvalue weighted by atomic mass is 9.86. The Labute approximate surface area is 191 Å². The van der Waals surface area contributed by atoms with E-state index >= 15 is 0 Å². The molecule has 1 aromatic heterocycles. The van der Waals surface area contributed by atoms with Gasteiger partial charge in [-0.25, -0.2) is 8.78 Å². The first-order valence-corrected chi connectivity index (χ1v) is 11.4. The largest absolute Gasteiger partial charge is 0.348 e. The second-order valence-corrected chi connectivity index (χ2v) is 9.04. The Morgan fingerprint density at radius 3 is 2.61 bits per heavy atom. The number of benzene rings is 1. The summed E-state index contributed by atoms with van der Waals surface area (Å²) in [7, 11) is 3.42. The third kappa shape index (κ3) is 5.21. The molecule has 8 nitrogen and oxygen atoms in total. The Bertz CT molecular complexity index is 1010. The van der Waals surface area contributed by atoms with Crippen molar-refractivity contribution < 1.29 is 22.9 Å². The molecule has 2 fully saturated rings. The number of halogens is 2. The Hall–Kier alpha value is -2.88. The number of nitrogens with one attached hydrogen (secondary N) is 1. The molecule has 2 aromatic rings. The Kier molecular flexibility index (Phi) is 7.02. The standard InChI is InChI=1S/C23H29F2N5O3/c1-29(2)23(32)17-13-30(15-6-4-3-5-7-15)11-10-19(17)26-21(31)22-27-20(28-33-22)16-9-8-14(24)12-18(16)25/h8-9,12,15,17,19H,3-7,10-11,13H2,1-2H3,(H,26,31). The molecule has 1 aliphatic heterocycles. The molecule has 0 radical (unpaired) electrons. The van der Waals surface area contributed by atoms with Gasteiger partial charge in [0.2, 0.25) is 11.7 Å². The molecule has 0 bridgehead atoms. The number of carbonyl (C=O) groups excluding carboxylic acids is 2. The average molecular weight is 462 g/mol. The quantitative estimate of drug-likeness (QED) is 0.736. The van der Waals surface area contributed by atoms with Crippen LogP contribution in [-0.4, -0.2) is 71.0 Å². The highest BCUT2D eigenvalue weighted by Crippen LogP contribution is 2.28. The molecule has 178 valence electrons. The second kappa shape index (κ2) is 9.94. The van der Waals surface area contributed by atoms with E-state index in [0.29, 0.717) is 25.1 Å². The van der Waals surface area contributed by atoms with Crippen LogP contribution in [0.5, 0.6) is 0 Å². The van der Waals surface area contributed by atoms with Crippen molar-refractivity contribution in [1.82, 2.24) is 25.3 Å². The van der Waals surface area contributed by atoms with Crippen LogP contribution < -0.4 is 5.32 Å². The maximum Gasteiger partial charge on any atom is 0.316 e. The lowest BCUT2D eigenvalue weighted by molar-refractivity contribution is -0.136. The van der Waals surface area contributed by atoms with Crippen LogP contribution in [0.3, 0.4) is 0 Å². The van der Waals surface area contributed by atoms with Crippen LogP contribution in [0.4, 0.5) is 8.78 Å². The van der Waals surface area contributed by atoms with Gasteiger partial charge in [-0.15, -0.1) is 0 Å². The second-order valence-electron chi connectivity index (χ2n) is 9.04. The van der Waals surface area contributed by atoms with Crippen LogP contribution in [0, 0.1) is 17.6 Å². The van der Waals surface area contributed by atoms with Gasteiger partial charge < -0.3 is 14.7 Å². The highest BCUT2D eigenvalue weighted by molar-refractivity contribution is 5.91. The van der Waals surface area contributed by atoms with E-state index in [9.17, 15) is 18.4 Å². The van der Waals surface area contributed by atoms with Crippen LogP contribution in [0.2, 0.25) is 0 Å². The number of likely N-dealkylation sites (tertiary alicyclic amines) is 1. The van der Waals surface area contributed by atoms with Crippen molar-refractivity contribution in [2.45, 2.75) is 50.6 Å². The number of carbonyl (C=O) groups is 2. The molecule has 1 N–H and O–H groups in total. The monoisotopic (exact) mass is 461 g/mol. The molecular weight excluding hydrogens is 432 g/mol. The first kappa shape index (κ1) is 23.3. The lowest BCUT2D eigenvalue weighted by Gasteiger charge is -2.43. The van der Waals surface area contributed by atoms with Gasteiger partial charge in [0.15, 0.2) is 0 Å². The summed E-state index contributed by atoms with van der Waals surface area (Å²) in [6.45, 7) is 1.38. The van der Waals surface area contributed by atoms with Crippen molar-refractivity contribution in [2.75, 3.05) is 27.2 Å². The van der Waals surface area contributed by atoms with Gasteiger partial charge in [-0.05, 0) is 31.4 Å². The molecule has 2 heterocycles. The number of amides is 2. The molecular formula is C23H29F2N5O3. The topological polar surface area (TPSA) is 91.6 Å². The van der Waals surface area contributed by atoms with E-state index in [1.165, 1.54) is 25.3 Å². The molecule has 1 aliphatic carbocycles. The van der Waals surface area contributed by atoms with Crippen molar-refractivity contribution in [2.24, 2.45) is 5.92 Å². The van der Waals surface area contributed by atoms with Gasteiger partial charge in [-0.3, -0.25) is 14.5 Å². The smallest absolute Gasteiger partial charge is 0.316 e. The van der Waals surface area contributed by atoms with Gasteiger partial charge in [0.25, 0.3) is 0 Å². The third-order valence-corrected chi connectivity index (χ3v) is 6.60. The third-order valence-electron chi connectivity index (χ3n) is 6.60. The van der Waals surface area contributed by atoms with Crippen LogP contribution in [-0.2, 0) is 4.79 Å². The van der Waals surface area contributed by atoms with E-state index in [-0.39, 0.29) is 29.2 Å². The first-order valence-electron chi connectivity index (χ1n) is 11.4. The Balaban J connectivity index is 1.47. The molecule has 2 amide bonds. The normalized spacial score (nSPS) is 22.2. The van der Waals surface area contributed by atoms with Gasteiger partial charge in [-0.2, -0.15) is 4.98 Å². The zero-order valence-electron chi connectivity index (χ0n) is 18.9. The van der Waals surface area contributed by atoms with Crippen LogP contribution in [0.15, 0.2) is 22.7 Å². The summed E-state index contributed by atoms with van der Waals surface area (Å²) in [4.78, 5) is 33.7. The first-order chi connectivity index (χ1) is 15.8. The fourth-order valence-electron chi connectivity index (χ4n) is 4.84. The minimum absolute atomic E-state index is 0.0413. The minimum atomic E-state index is -0.852. The summed E-state index contributed by atoms with van der Waals surface area (Å²) in [5.41, 5.74) is -0.0688. The molecule has 0 spiro atoms. The zero-order valence-corrected chi connectivity index (χ0v) is 18.9. The molecule has 10 heteroatoms. The summed E-state index contributed by atoms with van der Waals surface area (Å²) in [6.07, 6.45) is 6.59. The summed E-state index contributed by atoms with van der Waals surface area (Å²) in [6, 6.07) is 3.07. The SMILES string of the molecule is CN(C)C(=O)C1CN(C2CCCCC2)CCC1NC(=O)c1nc(-c2ccc(F)cc2F)no1. The number of rotatable bonds is 5. The molecule has 4 rings (SSSR count). The fourth-order valence-corrected chi connectivity index (χ4v) is 4.84. The van der Waals surface area contributed by atoms with Crippen molar-refractivity contribution in [3.63, 3.8) is 0 Å². The van der Waals surface area contributed by atoms with Gasteiger partial charge in [0, 0.05) is 45.3 Å². The van der Waals surface area contributed by atoms with E-state index < -0.39 is 23.5 Å². The maximum absolute atomic E-state index is 14.0. The predicted octanol–water partition coefficient (Wildman–Crippen LogP) is 2.86. The Morgan fingerprint density at radius 1 is 1.15 bits per heavy atom. The van der Waals surface area contributed by atoms with Crippen molar-refractivity contribution in [3.05, 3.63) is 35.7 Å². The highest BCUT2D eigenvalue weighted by Gasteiger charge is 2.39. The summed E-state index contributed by atoms with van der Waals surface area (Å²) < 4.78 is 32.2. The van der Waals surface area contributed by atoms with E-state index in [1.807, 2.05) is 0 Å². The van der Waals surface area contributed by atoms with E-state index in [2.05, 4.69) is 20.4 Å². The lowest BCUT2D eigenvalue weighted by Crippen LogP contribution is -2.57. The molecule has 1 saturated carbocycles. The maximum atomic E-state index is 14.0. The predicted molar refractivity (Wildman–Crippen MR) is 116 cm³/mol. The summed E-state index contributed by atoms with van der Waals surface area (Å²) in [5, 5.41) is 6.52. The minimum Gasteiger partial charge on any atom is -0.348 e. The number of nitrogens with zero attached hydrogens (tertiary/aromatic N) is 4. The highest BCUT2D eigenvalue weighted by atomic mass is 19.1. The van der Waals surface area contributed by atoms with Crippen LogP contribution in [0.1, 0.15) is 49.2 Å². The zero-order chi connectivity index (χ0) is 23.5. The summed E-state index contributed by atoms with van der Waals surface area (Å²) >= 11 is 0. The number of hydrogen-bond acceptors (Lipinski definition) is 6. The molecule has 2 aliphatic rings. The molecule has 2 unspecified atom stereocenters. The number of aromatic nitrogens is 2. The fraction of sp³-hybridized carbons (Fsp3) is 0.565. The van der Waals surface area contributed by atoms with E-state index in [1.54, 1.807) is 19.0 Å². The van der Waals surface area contributed by atoms with Crippen molar-refractivity contribution in [1.29, 1.82) is 0 Å².